The fraction of sp³-hybridized carbons (Fsp3) is 0.600. The van der Waals surface area contributed by atoms with Gasteiger partial charge in [-0.05, 0) is 51.8 Å². The lowest BCUT2D eigenvalue weighted by Crippen LogP contribution is -2.42. The Labute approximate surface area is 105 Å². The number of anilines is 1. The fourth-order valence-corrected chi connectivity index (χ4v) is 2.64. The topological polar surface area (TPSA) is 15.3 Å². The van der Waals surface area contributed by atoms with Crippen LogP contribution >= 0.6 is 0 Å². The molecular formula is C15H24N2. The molecule has 2 rings (SSSR count). The summed E-state index contributed by atoms with van der Waals surface area (Å²) < 4.78 is 0. The van der Waals surface area contributed by atoms with Crippen molar-refractivity contribution in [3.05, 3.63) is 29.3 Å². The normalized spacial score (nSPS) is 22.1. The van der Waals surface area contributed by atoms with Gasteiger partial charge in [0.2, 0.25) is 0 Å². The molecule has 1 atom stereocenters. The largest absolute Gasteiger partial charge is 0.370 e. The SMILES string of the molecule is Cc1ccc(N2CCCCNC(C)C2)c(C)c1. The van der Waals surface area contributed by atoms with Crippen LogP contribution in [0.4, 0.5) is 5.69 Å². The zero-order valence-electron chi connectivity index (χ0n) is 11.3. The van der Waals surface area contributed by atoms with Crippen molar-refractivity contribution in [3.63, 3.8) is 0 Å². The van der Waals surface area contributed by atoms with Crippen LogP contribution in [0.2, 0.25) is 0 Å². The molecule has 0 amide bonds. The third kappa shape index (κ3) is 3.22. The van der Waals surface area contributed by atoms with Gasteiger partial charge in [0.15, 0.2) is 0 Å². The van der Waals surface area contributed by atoms with Crippen molar-refractivity contribution in [1.29, 1.82) is 0 Å². The monoisotopic (exact) mass is 232 g/mol. The molecule has 2 heteroatoms. The molecule has 0 aliphatic carbocycles. The van der Waals surface area contributed by atoms with Crippen LogP contribution in [0.1, 0.15) is 30.9 Å². The number of nitrogens with one attached hydrogen (secondary N) is 1. The number of nitrogens with zero attached hydrogens (tertiary/aromatic N) is 1. The first kappa shape index (κ1) is 12.4. The molecule has 1 N–H and O–H groups in total. The van der Waals surface area contributed by atoms with E-state index in [1.54, 1.807) is 0 Å². The van der Waals surface area contributed by atoms with Crippen molar-refractivity contribution in [3.8, 4) is 0 Å². The minimum absolute atomic E-state index is 0.580. The maximum atomic E-state index is 3.57. The molecule has 2 nitrogen and oxygen atoms in total. The summed E-state index contributed by atoms with van der Waals surface area (Å²) >= 11 is 0. The quantitative estimate of drug-likeness (QED) is 0.801. The Hall–Kier alpha value is -1.02. The lowest BCUT2D eigenvalue weighted by molar-refractivity contribution is 0.485. The van der Waals surface area contributed by atoms with E-state index in [1.165, 1.54) is 42.7 Å². The van der Waals surface area contributed by atoms with Gasteiger partial charge in [-0.15, -0.1) is 0 Å². The van der Waals surface area contributed by atoms with Gasteiger partial charge in [-0.1, -0.05) is 17.7 Å². The van der Waals surface area contributed by atoms with E-state index in [-0.39, 0.29) is 0 Å². The maximum absolute atomic E-state index is 3.57. The van der Waals surface area contributed by atoms with Gasteiger partial charge in [-0.3, -0.25) is 0 Å². The Morgan fingerprint density at radius 1 is 1.24 bits per heavy atom. The highest BCUT2D eigenvalue weighted by Gasteiger charge is 2.14. The Bertz CT molecular complexity index is 373. The van der Waals surface area contributed by atoms with Crippen LogP contribution < -0.4 is 10.2 Å². The van der Waals surface area contributed by atoms with Crippen LogP contribution in [0.15, 0.2) is 18.2 Å². The molecule has 94 valence electrons. The number of hydrogen-bond donors (Lipinski definition) is 1. The zero-order chi connectivity index (χ0) is 12.3. The van der Waals surface area contributed by atoms with Gasteiger partial charge in [-0.2, -0.15) is 0 Å². The molecule has 1 aromatic carbocycles. The van der Waals surface area contributed by atoms with Crippen LogP contribution in [-0.2, 0) is 0 Å². The van der Waals surface area contributed by atoms with E-state index in [0.717, 1.165) is 6.54 Å². The van der Waals surface area contributed by atoms with Crippen molar-refractivity contribution in [2.45, 2.75) is 39.7 Å². The van der Waals surface area contributed by atoms with Gasteiger partial charge >= 0.3 is 0 Å². The summed E-state index contributed by atoms with van der Waals surface area (Å²) in [6, 6.07) is 7.36. The highest BCUT2D eigenvalue weighted by Crippen LogP contribution is 2.22. The Morgan fingerprint density at radius 2 is 2.06 bits per heavy atom. The molecule has 0 aromatic heterocycles. The molecule has 1 fully saturated rings. The van der Waals surface area contributed by atoms with Crippen molar-refractivity contribution in [2.24, 2.45) is 0 Å². The average Bonchev–Trinajstić information content (AvgIpc) is 2.24. The van der Waals surface area contributed by atoms with Crippen molar-refractivity contribution in [2.75, 3.05) is 24.5 Å². The molecule has 1 aromatic rings. The Morgan fingerprint density at radius 3 is 2.82 bits per heavy atom. The van der Waals surface area contributed by atoms with E-state index in [1.807, 2.05) is 0 Å². The third-order valence-corrected chi connectivity index (χ3v) is 3.53. The summed E-state index contributed by atoms with van der Waals surface area (Å²) in [5.74, 6) is 0. The first-order valence-corrected chi connectivity index (χ1v) is 6.72. The van der Waals surface area contributed by atoms with Gasteiger partial charge < -0.3 is 10.2 Å². The lowest BCUT2D eigenvalue weighted by Gasteiger charge is -2.32. The van der Waals surface area contributed by atoms with Crippen molar-refractivity contribution in [1.82, 2.24) is 5.32 Å². The van der Waals surface area contributed by atoms with Gasteiger partial charge in [-0.25, -0.2) is 0 Å². The molecule has 1 saturated heterocycles. The van der Waals surface area contributed by atoms with E-state index in [0.29, 0.717) is 6.04 Å². The molecule has 1 aliphatic rings. The molecule has 1 unspecified atom stereocenters. The second kappa shape index (κ2) is 5.54. The molecule has 0 bridgehead atoms. The van der Waals surface area contributed by atoms with Gasteiger partial charge in [0.1, 0.15) is 0 Å². The molecule has 0 radical (unpaired) electrons. The summed E-state index contributed by atoms with van der Waals surface area (Å²) in [5.41, 5.74) is 4.16. The lowest BCUT2D eigenvalue weighted by atomic mass is 10.1. The highest BCUT2D eigenvalue weighted by atomic mass is 15.2. The molecule has 17 heavy (non-hydrogen) atoms. The van der Waals surface area contributed by atoms with Crippen molar-refractivity contribution < 1.29 is 0 Å². The third-order valence-electron chi connectivity index (χ3n) is 3.53. The summed E-state index contributed by atoms with van der Waals surface area (Å²) in [4.78, 5) is 2.53. The van der Waals surface area contributed by atoms with Crippen molar-refractivity contribution >= 4 is 5.69 Å². The fourth-order valence-electron chi connectivity index (χ4n) is 2.64. The summed E-state index contributed by atoms with van der Waals surface area (Å²) in [6.45, 7) is 10.1. The number of benzene rings is 1. The number of aryl methyl sites for hydroxylation is 2. The van der Waals surface area contributed by atoms with Crippen LogP contribution in [-0.4, -0.2) is 25.7 Å². The predicted molar refractivity (Wildman–Crippen MR) is 74.8 cm³/mol. The number of hydrogen-bond acceptors (Lipinski definition) is 2. The van der Waals surface area contributed by atoms with Crippen LogP contribution in [0.3, 0.4) is 0 Å². The van der Waals surface area contributed by atoms with Crippen LogP contribution in [0.5, 0.6) is 0 Å². The Balaban J connectivity index is 2.17. The summed E-state index contributed by atoms with van der Waals surface area (Å²) in [6.07, 6.45) is 2.57. The predicted octanol–water partition coefficient (Wildman–Crippen LogP) is 2.88. The molecule has 0 spiro atoms. The highest BCUT2D eigenvalue weighted by molar-refractivity contribution is 5.54. The first-order valence-electron chi connectivity index (χ1n) is 6.72. The second-order valence-electron chi connectivity index (χ2n) is 5.30. The standard InChI is InChI=1S/C15H24N2/c1-12-6-7-15(13(2)10-12)17-9-5-4-8-16-14(3)11-17/h6-7,10,14,16H,4-5,8-9,11H2,1-3H3. The van der Waals surface area contributed by atoms with Gasteiger partial charge in [0.25, 0.3) is 0 Å². The van der Waals surface area contributed by atoms with E-state index in [4.69, 9.17) is 0 Å². The summed E-state index contributed by atoms with van der Waals surface area (Å²) in [7, 11) is 0. The first-order chi connectivity index (χ1) is 8.16. The molecule has 1 heterocycles. The maximum Gasteiger partial charge on any atom is 0.0396 e. The van der Waals surface area contributed by atoms with E-state index < -0.39 is 0 Å². The van der Waals surface area contributed by atoms with Crippen LogP contribution in [0.25, 0.3) is 0 Å². The molecule has 0 saturated carbocycles. The van der Waals surface area contributed by atoms with Gasteiger partial charge in [0, 0.05) is 24.8 Å². The Kier molecular flexibility index (Phi) is 4.06. The zero-order valence-corrected chi connectivity index (χ0v) is 11.3. The van der Waals surface area contributed by atoms with Gasteiger partial charge in [0.05, 0.1) is 0 Å². The smallest absolute Gasteiger partial charge is 0.0396 e. The minimum Gasteiger partial charge on any atom is -0.370 e. The van der Waals surface area contributed by atoms with E-state index in [9.17, 15) is 0 Å². The van der Waals surface area contributed by atoms with E-state index in [2.05, 4.69) is 49.2 Å². The molecule has 1 aliphatic heterocycles. The number of rotatable bonds is 1. The van der Waals surface area contributed by atoms with E-state index >= 15 is 0 Å². The average molecular weight is 232 g/mol. The second-order valence-corrected chi connectivity index (χ2v) is 5.30. The molecular weight excluding hydrogens is 208 g/mol. The van der Waals surface area contributed by atoms with Crippen LogP contribution in [0, 0.1) is 13.8 Å². The minimum atomic E-state index is 0.580. The summed E-state index contributed by atoms with van der Waals surface area (Å²) in [5, 5.41) is 3.57.